The Morgan fingerprint density at radius 3 is 2.68 bits per heavy atom. The molecule has 3 heteroatoms. The van der Waals surface area contributed by atoms with Gasteiger partial charge in [-0.3, -0.25) is 0 Å². The maximum Gasteiger partial charge on any atom is 0.0295 e. The molecule has 0 saturated carbocycles. The van der Waals surface area contributed by atoms with Gasteiger partial charge in [-0.2, -0.15) is 0 Å². The van der Waals surface area contributed by atoms with Crippen LogP contribution in [0.5, 0.6) is 0 Å². The highest BCUT2D eigenvalue weighted by Crippen LogP contribution is 2.18. The fourth-order valence-electron chi connectivity index (χ4n) is 2.84. The fraction of sp³-hybridized carbons (Fsp3) is 0.625. The molecule has 19 heavy (non-hydrogen) atoms. The summed E-state index contributed by atoms with van der Waals surface area (Å²) in [6.07, 6.45) is 3.57. The lowest BCUT2D eigenvalue weighted by Gasteiger charge is -2.21. The largest absolute Gasteiger partial charge is 0.324 e. The van der Waals surface area contributed by atoms with Crippen molar-refractivity contribution in [3.8, 4) is 0 Å². The molecule has 1 aromatic carbocycles. The predicted molar refractivity (Wildman–Crippen MR) is 81.1 cm³/mol. The Balaban J connectivity index is 1.67. The molecule has 0 aliphatic carbocycles. The second kappa shape index (κ2) is 7.04. The second-order valence-electron chi connectivity index (χ2n) is 5.87. The molecule has 2 rings (SSSR count). The van der Waals surface area contributed by atoms with Crippen LogP contribution in [0, 0.1) is 0 Å². The van der Waals surface area contributed by atoms with E-state index >= 15 is 0 Å². The monoisotopic (exact) mass is 261 g/mol. The Labute approximate surface area is 117 Å². The topological polar surface area (TPSA) is 32.5 Å². The molecular weight excluding hydrogens is 234 g/mol. The van der Waals surface area contributed by atoms with Crippen LogP contribution in [0.1, 0.15) is 30.9 Å². The van der Waals surface area contributed by atoms with E-state index in [0.29, 0.717) is 0 Å². The Morgan fingerprint density at radius 2 is 2.05 bits per heavy atom. The van der Waals surface area contributed by atoms with Gasteiger partial charge in [0.05, 0.1) is 0 Å². The molecule has 0 amide bonds. The summed E-state index contributed by atoms with van der Waals surface area (Å²) in [5.41, 5.74) is 7.49. The summed E-state index contributed by atoms with van der Waals surface area (Å²) in [7, 11) is 4.36. The summed E-state index contributed by atoms with van der Waals surface area (Å²) in [5, 5.41) is 0. The lowest BCUT2D eigenvalue weighted by Crippen LogP contribution is -2.32. The molecule has 1 heterocycles. The lowest BCUT2D eigenvalue weighted by atomic mass is 10.0. The second-order valence-corrected chi connectivity index (χ2v) is 5.87. The number of nitrogens with zero attached hydrogens (tertiary/aromatic N) is 2. The normalized spacial score (nSPS) is 22.0. The van der Waals surface area contributed by atoms with Gasteiger partial charge in [0.25, 0.3) is 0 Å². The van der Waals surface area contributed by atoms with Crippen LogP contribution in [0.3, 0.4) is 0 Å². The molecule has 2 unspecified atom stereocenters. The van der Waals surface area contributed by atoms with Crippen molar-refractivity contribution in [2.45, 2.75) is 31.3 Å². The van der Waals surface area contributed by atoms with Crippen molar-refractivity contribution in [3.05, 3.63) is 35.9 Å². The maximum atomic E-state index is 6.23. The predicted octanol–water partition coefficient (Wildman–Crippen LogP) is 2.10. The highest BCUT2D eigenvalue weighted by atomic mass is 15.2. The highest BCUT2D eigenvalue weighted by molar-refractivity contribution is 5.18. The molecule has 2 N–H and O–H groups in total. The fourth-order valence-corrected chi connectivity index (χ4v) is 2.84. The molecule has 106 valence electrons. The van der Waals surface area contributed by atoms with Crippen LogP contribution in [0.25, 0.3) is 0 Å². The zero-order valence-electron chi connectivity index (χ0n) is 12.3. The van der Waals surface area contributed by atoms with E-state index in [1.165, 1.54) is 38.0 Å². The standard InChI is InChI=1S/C16H27N3/c1-18(2)15-10-12-19(13-15)11-6-9-16(17)14-7-4-3-5-8-14/h3-5,7-8,15-16H,6,9-13,17H2,1-2H3. The Morgan fingerprint density at radius 1 is 1.32 bits per heavy atom. The molecule has 1 fully saturated rings. The molecule has 1 aliphatic heterocycles. The Bertz CT molecular complexity index is 364. The smallest absolute Gasteiger partial charge is 0.0295 e. The van der Waals surface area contributed by atoms with E-state index in [1.807, 2.05) is 6.07 Å². The Hall–Kier alpha value is -0.900. The van der Waals surface area contributed by atoms with Crippen molar-refractivity contribution < 1.29 is 0 Å². The first-order valence-corrected chi connectivity index (χ1v) is 7.36. The zero-order chi connectivity index (χ0) is 13.7. The van der Waals surface area contributed by atoms with Gasteiger partial charge in [0.1, 0.15) is 0 Å². The van der Waals surface area contributed by atoms with Gasteiger partial charge < -0.3 is 15.5 Å². The lowest BCUT2D eigenvalue weighted by molar-refractivity contribution is 0.264. The van der Waals surface area contributed by atoms with E-state index < -0.39 is 0 Å². The van der Waals surface area contributed by atoms with Crippen molar-refractivity contribution in [2.75, 3.05) is 33.7 Å². The average Bonchev–Trinajstić information content (AvgIpc) is 2.89. The van der Waals surface area contributed by atoms with Gasteiger partial charge in [-0.25, -0.2) is 0 Å². The van der Waals surface area contributed by atoms with E-state index in [-0.39, 0.29) is 6.04 Å². The van der Waals surface area contributed by atoms with Crippen LogP contribution in [0.4, 0.5) is 0 Å². The van der Waals surface area contributed by atoms with E-state index in [4.69, 9.17) is 5.73 Å². The van der Waals surface area contributed by atoms with Crippen molar-refractivity contribution >= 4 is 0 Å². The molecule has 2 atom stereocenters. The minimum atomic E-state index is 0.188. The number of likely N-dealkylation sites (N-methyl/N-ethyl adjacent to an activating group) is 1. The third kappa shape index (κ3) is 4.30. The number of benzene rings is 1. The molecule has 0 spiro atoms. The van der Waals surface area contributed by atoms with Crippen LogP contribution >= 0.6 is 0 Å². The number of hydrogen-bond donors (Lipinski definition) is 1. The van der Waals surface area contributed by atoms with Crippen LogP contribution in [-0.2, 0) is 0 Å². The SMILES string of the molecule is CN(C)C1CCN(CCCC(N)c2ccccc2)C1. The van der Waals surface area contributed by atoms with Crippen LogP contribution in [-0.4, -0.2) is 49.6 Å². The number of nitrogens with two attached hydrogens (primary N) is 1. The first kappa shape index (κ1) is 14.5. The number of likely N-dealkylation sites (tertiary alicyclic amines) is 1. The first-order valence-electron chi connectivity index (χ1n) is 7.36. The van der Waals surface area contributed by atoms with Gasteiger partial charge in [-0.1, -0.05) is 30.3 Å². The van der Waals surface area contributed by atoms with Gasteiger partial charge in [-0.05, 0) is 52.0 Å². The number of rotatable bonds is 6. The first-order chi connectivity index (χ1) is 9.16. The Kier molecular flexibility index (Phi) is 5.37. The number of hydrogen-bond acceptors (Lipinski definition) is 3. The van der Waals surface area contributed by atoms with E-state index in [2.05, 4.69) is 48.2 Å². The third-order valence-corrected chi connectivity index (χ3v) is 4.19. The van der Waals surface area contributed by atoms with Crippen molar-refractivity contribution in [3.63, 3.8) is 0 Å². The zero-order valence-corrected chi connectivity index (χ0v) is 12.3. The van der Waals surface area contributed by atoms with Crippen LogP contribution in [0.15, 0.2) is 30.3 Å². The molecule has 1 saturated heterocycles. The van der Waals surface area contributed by atoms with Crippen LogP contribution < -0.4 is 5.73 Å². The van der Waals surface area contributed by atoms with Crippen molar-refractivity contribution in [2.24, 2.45) is 5.73 Å². The van der Waals surface area contributed by atoms with Crippen LogP contribution in [0.2, 0.25) is 0 Å². The van der Waals surface area contributed by atoms with E-state index in [9.17, 15) is 0 Å². The summed E-state index contributed by atoms with van der Waals surface area (Å²) < 4.78 is 0. The van der Waals surface area contributed by atoms with Gasteiger partial charge in [-0.15, -0.1) is 0 Å². The summed E-state index contributed by atoms with van der Waals surface area (Å²) in [6, 6.07) is 11.4. The molecule has 1 aliphatic rings. The quantitative estimate of drug-likeness (QED) is 0.851. The molecule has 1 aromatic rings. The summed E-state index contributed by atoms with van der Waals surface area (Å²) >= 11 is 0. The van der Waals surface area contributed by atoms with Gasteiger partial charge in [0, 0.05) is 18.6 Å². The third-order valence-electron chi connectivity index (χ3n) is 4.19. The molecule has 3 nitrogen and oxygen atoms in total. The summed E-state index contributed by atoms with van der Waals surface area (Å²) in [5.74, 6) is 0. The van der Waals surface area contributed by atoms with Gasteiger partial charge >= 0.3 is 0 Å². The maximum absolute atomic E-state index is 6.23. The molecule has 0 radical (unpaired) electrons. The minimum Gasteiger partial charge on any atom is -0.324 e. The average molecular weight is 261 g/mol. The van der Waals surface area contributed by atoms with E-state index in [1.54, 1.807) is 0 Å². The van der Waals surface area contributed by atoms with E-state index in [0.717, 1.165) is 12.5 Å². The van der Waals surface area contributed by atoms with Gasteiger partial charge in [0.2, 0.25) is 0 Å². The van der Waals surface area contributed by atoms with Crippen molar-refractivity contribution in [1.29, 1.82) is 0 Å². The molecular formula is C16H27N3. The highest BCUT2D eigenvalue weighted by Gasteiger charge is 2.23. The van der Waals surface area contributed by atoms with Gasteiger partial charge in [0.15, 0.2) is 0 Å². The molecule has 0 aromatic heterocycles. The summed E-state index contributed by atoms with van der Waals surface area (Å²) in [6.45, 7) is 3.64. The minimum absolute atomic E-state index is 0.188. The molecule has 0 bridgehead atoms. The van der Waals surface area contributed by atoms with Crippen molar-refractivity contribution in [1.82, 2.24) is 9.80 Å². The summed E-state index contributed by atoms with van der Waals surface area (Å²) in [4.78, 5) is 4.91.